The molecule has 0 radical (unpaired) electrons. The van der Waals surface area contributed by atoms with E-state index < -0.39 is 11.7 Å². The molecule has 1 aliphatic heterocycles. The standard InChI is InChI=1S/C16H15F3N2/c1-11-4-3-8-20-14(11)10-21-9-7-12-13(16(17,18)19)5-2-6-15(12)21/h2-6,8H,7,9-10H2,1H3. The lowest BCUT2D eigenvalue weighted by Crippen LogP contribution is -2.21. The first-order valence-electron chi connectivity index (χ1n) is 6.81. The van der Waals surface area contributed by atoms with Gasteiger partial charge in [-0.15, -0.1) is 0 Å². The number of aromatic nitrogens is 1. The van der Waals surface area contributed by atoms with Crippen molar-refractivity contribution in [3.05, 3.63) is 58.9 Å². The minimum atomic E-state index is -4.29. The maximum Gasteiger partial charge on any atom is 0.416 e. The van der Waals surface area contributed by atoms with Gasteiger partial charge < -0.3 is 4.90 Å². The summed E-state index contributed by atoms with van der Waals surface area (Å²) in [5, 5.41) is 0. The fraction of sp³-hybridized carbons (Fsp3) is 0.312. The summed E-state index contributed by atoms with van der Waals surface area (Å²) in [4.78, 5) is 6.29. The van der Waals surface area contributed by atoms with Crippen LogP contribution in [0.2, 0.25) is 0 Å². The van der Waals surface area contributed by atoms with Gasteiger partial charge in [-0.05, 0) is 42.7 Å². The molecule has 0 unspecified atom stereocenters. The topological polar surface area (TPSA) is 16.1 Å². The first kappa shape index (κ1) is 13.9. The molecule has 3 rings (SSSR count). The van der Waals surface area contributed by atoms with Crippen LogP contribution in [0.1, 0.15) is 22.4 Å². The van der Waals surface area contributed by atoms with E-state index in [1.54, 1.807) is 12.3 Å². The molecular weight excluding hydrogens is 277 g/mol. The lowest BCUT2D eigenvalue weighted by atomic mass is 10.0. The van der Waals surface area contributed by atoms with Crippen molar-refractivity contribution < 1.29 is 13.2 Å². The van der Waals surface area contributed by atoms with Crippen LogP contribution in [-0.2, 0) is 19.1 Å². The Labute approximate surface area is 121 Å². The number of anilines is 1. The number of halogens is 3. The van der Waals surface area contributed by atoms with Gasteiger partial charge in [-0.3, -0.25) is 4.98 Å². The van der Waals surface area contributed by atoms with E-state index in [0.717, 1.165) is 17.3 Å². The number of hydrogen-bond acceptors (Lipinski definition) is 2. The van der Waals surface area contributed by atoms with Gasteiger partial charge in [0.25, 0.3) is 0 Å². The van der Waals surface area contributed by atoms with Crippen molar-refractivity contribution in [2.45, 2.75) is 26.1 Å². The largest absolute Gasteiger partial charge is 0.416 e. The van der Waals surface area contributed by atoms with Crippen LogP contribution in [0.15, 0.2) is 36.5 Å². The summed E-state index contributed by atoms with van der Waals surface area (Å²) in [6, 6.07) is 8.22. The SMILES string of the molecule is Cc1cccnc1CN1CCc2c1cccc2C(F)(F)F. The van der Waals surface area contributed by atoms with Gasteiger partial charge in [-0.25, -0.2) is 0 Å². The van der Waals surface area contributed by atoms with E-state index >= 15 is 0 Å². The molecular formula is C16H15F3N2. The average molecular weight is 292 g/mol. The summed E-state index contributed by atoms with van der Waals surface area (Å²) in [7, 11) is 0. The molecule has 2 nitrogen and oxygen atoms in total. The van der Waals surface area contributed by atoms with E-state index in [1.807, 2.05) is 24.0 Å². The Morgan fingerprint density at radius 2 is 2.00 bits per heavy atom. The van der Waals surface area contributed by atoms with Crippen molar-refractivity contribution in [2.75, 3.05) is 11.4 Å². The predicted molar refractivity (Wildman–Crippen MR) is 75.2 cm³/mol. The van der Waals surface area contributed by atoms with Crippen LogP contribution in [0.4, 0.5) is 18.9 Å². The number of nitrogens with zero attached hydrogens (tertiary/aromatic N) is 2. The van der Waals surface area contributed by atoms with E-state index in [0.29, 0.717) is 30.8 Å². The summed E-state index contributed by atoms with van der Waals surface area (Å²) in [6.45, 7) is 3.10. The quantitative estimate of drug-likeness (QED) is 0.832. The molecule has 5 heteroatoms. The van der Waals surface area contributed by atoms with Crippen LogP contribution in [0.3, 0.4) is 0 Å². The third-order valence-corrected chi connectivity index (χ3v) is 3.89. The second-order valence-electron chi connectivity index (χ2n) is 5.24. The van der Waals surface area contributed by atoms with Crippen molar-refractivity contribution in [2.24, 2.45) is 0 Å². The summed E-state index contributed by atoms with van der Waals surface area (Å²) >= 11 is 0. The fourth-order valence-corrected chi connectivity index (χ4v) is 2.80. The van der Waals surface area contributed by atoms with Crippen molar-refractivity contribution in [1.29, 1.82) is 0 Å². The molecule has 1 aliphatic rings. The molecule has 1 aromatic carbocycles. The third-order valence-electron chi connectivity index (χ3n) is 3.89. The summed E-state index contributed by atoms with van der Waals surface area (Å²) in [5.74, 6) is 0. The Morgan fingerprint density at radius 3 is 2.71 bits per heavy atom. The minimum Gasteiger partial charge on any atom is -0.365 e. The monoisotopic (exact) mass is 292 g/mol. The van der Waals surface area contributed by atoms with Crippen molar-refractivity contribution in [3.63, 3.8) is 0 Å². The van der Waals surface area contributed by atoms with E-state index in [-0.39, 0.29) is 0 Å². The van der Waals surface area contributed by atoms with Gasteiger partial charge in [0.1, 0.15) is 0 Å². The van der Waals surface area contributed by atoms with Gasteiger partial charge in [0.15, 0.2) is 0 Å². The zero-order valence-corrected chi connectivity index (χ0v) is 11.6. The molecule has 1 aromatic heterocycles. The summed E-state index contributed by atoms with van der Waals surface area (Å²) < 4.78 is 39.1. The molecule has 0 fully saturated rings. The van der Waals surface area contributed by atoms with Crippen LogP contribution >= 0.6 is 0 Å². The number of hydrogen-bond donors (Lipinski definition) is 0. The number of rotatable bonds is 2. The van der Waals surface area contributed by atoms with E-state index in [2.05, 4.69) is 4.98 Å². The van der Waals surface area contributed by atoms with Crippen molar-refractivity contribution >= 4 is 5.69 Å². The molecule has 0 bridgehead atoms. The molecule has 2 aromatic rings. The second-order valence-corrected chi connectivity index (χ2v) is 5.24. The highest BCUT2D eigenvalue weighted by atomic mass is 19.4. The Bertz CT molecular complexity index is 665. The van der Waals surface area contributed by atoms with E-state index in [1.165, 1.54) is 6.07 Å². The summed E-state index contributed by atoms with van der Waals surface area (Å²) in [6.07, 6.45) is -2.15. The molecule has 21 heavy (non-hydrogen) atoms. The lowest BCUT2D eigenvalue weighted by Gasteiger charge is -2.20. The normalized spacial score (nSPS) is 14.4. The molecule has 2 heterocycles. The number of fused-ring (bicyclic) bond motifs is 1. The number of pyridine rings is 1. The molecule has 110 valence electrons. The maximum atomic E-state index is 13.0. The Hall–Kier alpha value is -2.04. The van der Waals surface area contributed by atoms with Gasteiger partial charge in [-0.1, -0.05) is 12.1 Å². The number of benzene rings is 1. The van der Waals surface area contributed by atoms with Gasteiger partial charge in [0.05, 0.1) is 17.8 Å². The van der Waals surface area contributed by atoms with E-state index in [4.69, 9.17) is 0 Å². The second kappa shape index (κ2) is 5.06. The molecule has 0 N–H and O–H groups in total. The highest BCUT2D eigenvalue weighted by Gasteiger charge is 2.36. The summed E-state index contributed by atoms with van der Waals surface area (Å²) in [5.41, 5.74) is 2.52. The van der Waals surface area contributed by atoms with Gasteiger partial charge >= 0.3 is 6.18 Å². The maximum absolute atomic E-state index is 13.0. The predicted octanol–water partition coefficient (Wildman–Crippen LogP) is 3.97. The highest BCUT2D eigenvalue weighted by molar-refractivity contribution is 5.61. The fourth-order valence-electron chi connectivity index (χ4n) is 2.80. The van der Waals surface area contributed by atoms with Gasteiger partial charge in [-0.2, -0.15) is 13.2 Å². The molecule has 0 spiro atoms. The molecule has 0 aliphatic carbocycles. The van der Waals surface area contributed by atoms with Crippen LogP contribution in [0.5, 0.6) is 0 Å². The smallest absolute Gasteiger partial charge is 0.365 e. The van der Waals surface area contributed by atoms with Gasteiger partial charge in [0, 0.05) is 18.4 Å². The van der Waals surface area contributed by atoms with Crippen molar-refractivity contribution in [3.8, 4) is 0 Å². The van der Waals surface area contributed by atoms with Crippen LogP contribution in [-0.4, -0.2) is 11.5 Å². The van der Waals surface area contributed by atoms with Crippen LogP contribution in [0, 0.1) is 6.92 Å². The van der Waals surface area contributed by atoms with Crippen molar-refractivity contribution in [1.82, 2.24) is 4.98 Å². The number of alkyl halides is 3. The van der Waals surface area contributed by atoms with Crippen LogP contribution < -0.4 is 4.90 Å². The minimum absolute atomic E-state index is 0.401. The zero-order chi connectivity index (χ0) is 15.0. The van der Waals surface area contributed by atoms with E-state index in [9.17, 15) is 13.2 Å². The zero-order valence-electron chi connectivity index (χ0n) is 11.6. The molecule has 0 saturated heterocycles. The lowest BCUT2D eigenvalue weighted by molar-refractivity contribution is -0.138. The van der Waals surface area contributed by atoms with Gasteiger partial charge in [0.2, 0.25) is 0 Å². The number of aryl methyl sites for hydroxylation is 1. The Balaban J connectivity index is 1.93. The molecule has 0 atom stereocenters. The molecule has 0 saturated carbocycles. The first-order valence-corrected chi connectivity index (χ1v) is 6.81. The highest BCUT2D eigenvalue weighted by Crippen LogP contribution is 2.39. The average Bonchev–Trinajstić information content (AvgIpc) is 2.83. The van der Waals surface area contributed by atoms with Crippen LogP contribution in [0.25, 0.3) is 0 Å². The Morgan fingerprint density at radius 1 is 1.19 bits per heavy atom. The third kappa shape index (κ3) is 2.60. The first-order chi connectivity index (χ1) is 9.97. The molecule has 0 amide bonds. The Kier molecular flexibility index (Phi) is 3.35.